The summed E-state index contributed by atoms with van der Waals surface area (Å²) in [7, 11) is -3.12. The fourth-order valence-corrected chi connectivity index (χ4v) is 3.08. The summed E-state index contributed by atoms with van der Waals surface area (Å²) in [5.41, 5.74) is 8.27. The van der Waals surface area contributed by atoms with Crippen LogP contribution < -0.4 is 11.1 Å². The Bertz CT molecular complexity index is 482. The van der Waals surface area contributed by atoms with Crippen molar-refractivity contribution in [3.8, 4) is 0 Å². The summed E-state index contributed by atoms with van der Waals surface area (Å²) >= 11 is 0. The summed E-state index contributed by atoms with van der Waals surface area (Å²) in [4.78, 5) is 0. The number of nitrogens with two attached hydrogens (primary N) is 1. The Morgan fingerprint density at radius 2 is 2.20 bits per heavy atom. The molecule has 0 fully saturated rings. The Morgan fingerprint density at radius 1 is 1.47 bits per heavy atom. The molecule has 1 atom stereocenters. The van der Waals surface area contributed by atoms with E-state index in [-0.39, 0.29) is 0 Å². The highest BCUT2D eigenvalue weighted by Crippen LogP contribution is 2.29. The SMILES string of the molecule is CS(=O)(=O)C1NCCc2c(N)cccc21. The van der Waals surface area contributed by atoms with E-state index in [4.69, 9.17) is 5.73 Å². The molecule has 0 radical (unpaired) electrons. The van der Waals surface area contributed by atoms with Crippen molar-refractivity contribution >= 4 is 15.5 Å². The number of sulfone groups is 1. The van der Waals surface area contributed by atoms with Crippen LogP contribution in [0.4, 0.5) is 5.69 Å². The molecule has 0 aliphatic carbocycles. The summed E-state index contributed by atoms with van der Waals surface area (Å²) in [6, 6.07) is 5.42. The second kappa shape index (κ2) is 3.50. The van der Waals surface area contributed by atoms with Crippen molar-refractivity contribution in [2.45, 2.75) is 11.8 Å². The molecule has 1 aliphatic heterocycles. The Hall–Kier alpha value is -1.07. The van der Waals surface area contributed by atoms with Crippen molar-refractivity contribution in [2.24, 2.45) is 0 Å². The molecule has 0 saturated heterocycles. The molecule has 82 valence electrons. The van der Waals surface area contributed by atoms with Crippen LogP contribution in [0.25, 0.3) is 0 Å². The normalized spacial score (nSPS) is 21.0. The van der Waals surface area contributed by atoms with Gasteiger partial charge in [0.2, 0.25) is 0 Å². The maximum Gasteiger partial charge on any atom is 0.167 e. The van der Waals surface area contributed by atoms with Crippen LogP contribution in [0.3, 0.4) is 0 Å². The Kier molecular flexibility index (Phi) is 2.44. The Labute approximate surface area is 89.4 Å². The van der Waals surface area contributed by atoms with Crippen molar-refractivity contribution < 1.29 is 8.42 Å². The molecule has 4 nitrogen and oxygen atoms in total. The topological polar surface area (TPSA) is 72.2 Å². The van der Waals surface area contributed by atoms with E-state index in [0.717, 1.165) is 17.5 Å². The molecule has 0 amide bonds. The minimum absolute atomic E-state index is 0.607. The van der Waals surface area contributed by atoms with Gasteiger partial charge in [0, 0.05) is 18.5 Å². The lowest BCUT2D eigenvalue weighted by atomic mass is 9.99. The van der Waals surface area contributed by atoms with Gasteiger partial charge in [-0.25, -0.2) is 8.42 Å². The van der Waals surface area contributed by atoms with Gasteiger partial charge in [-0.2, -0.15) is 0 Å². The smallest absolute Gasteiger partial charge is 0.167 e. The maximum absolute atomic E-state index is 11.6. The number of fused-ring (bicyclic) bond motifs is 1. The number of benzene rings is 1. The van der Waals surface area contributed by atoms with E-state index >= 15 is 0 Å². The highest BCUT2D eigenvalue weighted by atomic mass is 32.2. The average molecular weight is 226 g/mol. The molecule has 0 spiro atoms. The van der Waals surface area contributed by atoms with Crippen molar-refractivity contribution in [1.82, 2.24) is 5.32 Å². The van der Waals surface area contributed by atoms with Crippen LogP contribution in [0.5, 0.6) is 0 Å². The summed E-state index contributed by atoms with van der Waals surface area (Å²) in [6.45, 7) is 0.652. The second-order valence-corrected chi connectivity index (χ2v) is 5.96. The van der Waals surface area contributed by atoms with E-state index in [0.29, 0.717) is 12.2 Å². The summed E-state index contributed by atoms with van der Waals surface area (Å²) in [5.74, 6) is 0. The number of nitrogen functional groups attached to an aromatic ring is 1. The lowest BCUT2D eigenvalue weighted by Crippen LogP contribution is -2.35. The van der Waals surface area contributed by atoms with Crippen LogP contribution in [0.1, 0.15) is 16.5 Å². The fraction of sp³-hybridized carbons (Fsp3) is 0.400. The van der Waals surface area contributed by atoms with E-state index in [2.05, 4.69) is 5.32 Å². The molecule has 1 heterocycles. The van der Waals surface area contributed by atoms with E-state index in [1.165, 1.54) is 6.26 Å². The first kappa shape index (κ1) is 10.4. The largest absolute Gasteiger partial charge is 0.398 e. The number of rotatable bonds is 1. The maximum atomic E-state index is 11.6. The zero-order chi connectivity index (χ0) is 11.1. The first-order chi connectivity index (χ1) is 7.00. The van der Waals surface area contributed by atoms with Gasteiger partial charge in [-0.1, -0.05) is 12.1 Å². The summed E-state index contributed by atoms with van der Waals surface area (Å²) in [5, 5.41) is 2.39. The van der Waals surface area contributed by atoms with Gasteiger partial charge in [-0.15, -0.1) is 0 Å². The molecule has 0 saturated carbocycles. The third-order valence-electron chi connectivity index (χ3n) is 2.66. The van der Waals surface area contributed by atoms with Crippen LogP contribution >= 0.6 is 0 Å². The van der Waals surface area contributed by atoms with Gasteiger partial charge in [0.05, 0.1) is 0 Å². The van der Waals surface area contributed by atoms with E-state index in [9.17, 15) is 8.42 Å². The van der Waals surface area contributed by atoms with E-state index in [1.807, 2.05) is 12.1 Å². The number of anilines is 1. The van der Waals surface area contributed by atoms with Crippen LogP contribution in [-0.4, -0.2) is 21.2 Å². The number of hydrogen-bond acceptors (Lipinski definition) is 4. The molecule has 2 rings (SSSR count). The van der Waals surface area contributed by atoms with Crippen LogP contribution in [0.15, 0.2) is 18.2 Å². The van der Waals surface area contributed by atoms with E-state index < -0.39 is 15.2 Å². The predicted octanol–water partition coefficient (Wildman–Crippen LogP) is 0.458. The van der Waals surface area contributed by atoms with Gasteiger partial charge in [0.1, 0.15) is 5.37 Å². The van der Waals surface area contributed by atoms with Gasteiger partial charge < -0.3 is 5.73 Å². The van der Waals surface area contributed by atoms with Crippen molar-refractivity contribution in [2.75, 3.05) is 18.5 Å². The monoisotopic (exact) mass is 226 g/mol. The third kappa shape index (κ3) is 1.85. The zero-order valence-electron chi connectivity index (χ0n) is 8.53. The Balaban J connectivity index is 2.57. The molecule has 3 N–H and O–H groups in total. The molecule has 5 heteroatoms. The fourth-order valence-electron chi connectivity index (χ4n) is 1.98. The van der Waals surface area contributed by atoms with Crippen molar-refractivity contribution in [3.05, 3.63) is 29.3 Å². The molecular formula is C10H14N2O2S. The predicted molar refractivity (Wildman–Crippen MR) is 60.1 cm³/mol. The van der Waals surface area contributed by atoms with E-state index in [1.54, 1.807) is 6.07 Å². The minimum atomic E-state index is -3.12. The van der Waals surface area contributed by atoms with Crippen molar-refractivity contribution in [1.29, 1.82) is 0 Å². The molecular weight excluding hydrogens is 212 g/mol. The van der Waals surface area contributed by atoms with Crippen LogP contribution in [0, 0.1) is 0 Å². The number of hydrogen-bond donors (Lipinski definition) is 2. The van der Waals surface area contributed by atoms with Gasteiger partial charge in [-0.05, 0) is 23.6 Å². The molecule has 15 heavy (non-hydrogen) atoms. The van der Waals surface area contributed by atoms with Gasteiger partial charge in [0.25, 0.3) is 0 Å². The highest BCUT2D eigenvalue weighted by molar-refractivity contribution is 7.90. The third-order valence-corrected chi connectivity index (χ3v) is 3.94. The second-order valence-electron chi connectivity index (χ2n) is 3.83. The molecule has 0 aromatic heterocycles. The van der Waals surface area contributed by atoms with Crippen LogP contribution in [0.2, 0.25) is 0 Å². The molecule has 0 bridgehead atoms. The zero-order valence-corrected chi connectivity index (χ0v) is 9.34. The standard InChI is InChI=1S/C10H14N2O2S/c1-15(13,14)10-8-3-2-4-9(11)7(8)5-6-12-10/h2-4,10,12H,5-6,11H2,1H3. The lowest BCUT2D eigenvalue weighted by Gasteiger charge is -2.26. The van der Waals surface area contributed by atoms with Gasteiger partial charge in [-0.3, -0.25) is 5.32 Å². The first-order valence-electron chi connectivity index (χ1n) is 4.79. The lowest BCUT2D eigenvalue weighted by molar-refractivity contribution is 0.548. The summed E-state index contributed by atoms with van der Waals surface area (Å²) in [6.07, 6.45) is 2.02. The quantitative estimate of drug-likeness (QED) is 0.682. The molecule has 1 aliphatic rings. The van der Waals surface area contributed by atoms with Crippen LogP contribution in [-0.2, 0) is 16.3 Å². The molecule has 1 aromatic rings. The summed E-state index contributed by atoms with van der Waals surface area (Å²) < 4.78 is 23.1. The van der Waals surface area contributed by atoms with Gasteiger partial charge in [0.15, 0.2) is 9.84 Å². The minimum Gasteiger partial charge on any atom is -0.398 e. The first-order valence-corrected chi connectivity index (χ1v) is 6.75. The molecule has 1 unspecified atom stereocenters. The molecule has 1 aromatic carbocycles. The van der Waals surface area contributed by atoms with Gasteiger partial charge >= 0.3 is 0 Å². The average Bonchev–Trinajstić information content (AvgIpc) is 2.16. The Morgan fingerprint density at radius 3 is 2.87 bits per heavy atom. The number of nitrogens with one attached hydrogen (secondary N) is 1. The highest BCUT2D eigenvalue weighted by Gasteiger charge is 2.28. The van der Waals surface area contributed by atoms with Crippen molar-refractivity contribution in [3.63, 3.8) is 0 Å².